The number of carbonyl (C=O) groups is 2. The van der Waals surface area contributed by atoms with Crippen LogP contribution in [0.25, 0.3) is 11.4 Å². The van der Waals surface area contributed by atoms with Gasteiger partial charge in [0.25, 0.3) is 5.91 Å². The maximum atomic E-state index is 12.1. The lowest BCUT2D eigenvalue weighted by Crippen LogP contribution is -2.41. The lowest BCUT2D eigenvalue weighted by molar-refractivity contribution is -0.136. The van der Waals surface area contributed by atoms with Crippen LogP contribution in [0, 0.1) is 12.8 Å². The van der Waals surface area contributed by atoms with E-state index in [1.807, 2.05) is 6.92 Å². The van der Waals surface area contributed by atoms with Gasteiger partial charge in [0.15, 0.2) is 12.4 Å². The Kier molecular flexibility index (Phi) is 5.11. The van der Waals surface area contributed by atoms with Crippen LogP contribution in [0.3, 0.4) is 0 Å². The molecule has 1 amide bonds. The number of nitrogens with zero attached hydrogens (tertiary/aromatic N) is 3. The SMILES string of the molecule is Cc1nc(-c2ccc(C(=O)OCC(=O)N3CCCC(C)C3)cc2)n[nH]1. The summed E-state index contributed by atoms with van der Waals surface area (Å²) >= 11 is 0. The summed E-state index contributed by atoms with van der Waals surface area (Å²) in [6, 6.07) is 6.81. The van der Waals surface area contributed by atoms with Crippen molar-refractivity contribution in [1.29, 1.82) is 0 Å². The molecule has 3 rings (SSSR count). The predicted molar refractivity (Wildman–Crippen MR) is 91.8 cm³/mol. The van der Waals surface area contributed by atoms with Gasteiger partial charge in [-0.1, -0.05) is 19.1 Å². The number of aryl methyl sites for hydroxylation is 1. The molecule has 1 aliphatic heterocycles. The van der Waals surface area contributed by atoms with E-state index in [0.29, 0.717) is 17.3 Å². The maximum absolute atomic E-state index is 12.1. The Bertz CT molecular complexity index is 754. The van der Waals surface area contributed by atoms with Gasteiger partial charge in [-0.15, -0.1) is 0 Å². The van der Waals surface area contributed by atoms with E-state index in [1.165, 1.54) is 0 Å². The van der Waals surface area contributed by atoms with Gasteiger partial charge >= 0.3 is 5.97 Å². The Morgan fingerprint density at radius 3 is 2.72 bits per heavy atom. The van der Waals surface area contributed by atoms with Crippen molar-refractivity contribution in [3.63, 3.8) is 0 Å². The standard InChI is InChI=1S/C18H22N4O3/c1-12-4-3-9-22(10-12)16(23)11-25-18(24)15-7-5-14(6-8-15)17-19-13(2)20-21-17/h5-8,12H,3-4,9-11H2,1-2H3,(H,19,20,21). The number of piperidine rings is 1. The van der Waals surface area contributed by atoms with E-state index in [0.717, 1.165) is 37.3 Å². The van der Waals surface area contributed by atoms with Crippen molar-refractivity contribution in [2.24, 2.45) is 5.92 Å². The van der Waals surface area contributed by atoms with E-state index in [1.54, 1.807) is 29.2 Å². The molecule has 0 spiro atoms. The molecule has 1 aliphatic rings. The van der Waals surface area contributed by atoms with E-state index < -0.39 is 5.97 Å². The number of likely N-dealkylation sites (tertiary alicyclic amines) is 1. The summed E-state index contributed by atoms with van der Waals surface area (Å²) in [5, 5.41) is 6.85. The number of aromatic amines is 1. The number of carbonyl (C=O) groups excluding carboxylic acids is 2. The number of rotatable bonds is 4. The highest BCUT2D eigenvalue weighted by atomic mass is 16.5. The Morgan fingerprint density at radius 1 is 1.32 bits per heavy atom. The van der Waals surface area contributed by atoms with Gasteiger partial charge < -0.3 is 9.64 Å². The summed E-state index contributed by atoms with van der Waals surface area (Å²) in [7, 11) is 0. The Morgan fingerprint density at radius 2 is 2.08 bits per heavy atom. The molecule has 1 aromatic carbocycles. The van der Waals surface area contributed by atoms with Crippen LogP contribution in [0.4, 0.5) is 0 Å². The third-order valence-electron chi connectivity index (χ3n) is 4.31. The highest BCUT2D eigenvalue weighted by Crippen LogP contribution is 2.17. The van der Waals surface area contributed by atoms with Crippen LogP contribution in [0.1, 0.15) is 35.9 Å². The molecule has 1 saturated heterocycles. The Labute approximate surface area is 146 Å². The molecule has 132 valence electrons. The summed E-state index contributed by atoms with van der Waals surface area (Å²) < 4.78 is 5.16. The fourth-order valence-electron chi connectivity index (χ4n) is 2.95. The lowest BCUT2D eigenvalue weighted by atomic mass is 10.0. The second-order valence-electron chi connectivity index (χ2n) is 6.49. The summed E-state index contributed by atoms with van der Waals surface area (Å²) in [5.74, 6) is 1.17. The van der Waals surface area contributed by atoms with E-state index in [-0.39, 0.29) is 12.5 Å². The minimum absolute atomic E-state index is 0.132. The first-order chi connectivity index (χ1) is 12.0. The molecule has 7 heteroatoms. The first-order valence-electron chi connectivity index (χ1n) is 8.47. The number of nitrogens with one attached hydrogen (secondary N) is 1. The second-order valence-corrected chi connectivity index (χ2v) is 6.49. The van der Waals surface area contributed by atoms with Crippen LogP contribution < -0.4 is 0 Å². The molecule has 1 aromatic heterocycles. The molecule has 0 bridgehead atoms. The zero-order chi connectivity index (χ0) is 17.8. The van der Waals surface area contributed by atoms with E-state index >= 15 is 0 Å². The van der Waals surface area contributed by atoms with Crippen molar-refractivity contribution in [2.45, 2.75) is 26.7 Å². The van der Waals surface area contributed by atoms with E-state index in [2.05, 4.69) is 22.1 Å². The molecule has 0 saturated carbocycles. The number of aromatic nitrogens is 3. The molecule has 0 radical (unpaired) electrons. The monoisotopic (exact) mass is 342 g/mol. The van der Waals surface area contributed by atoms with Gasteiger partial charge in [-0.05, 0) is 37.8 Å². The molecule has 0 aliphatic carbocycles. The Balaban J connectivity index is 1.55. The van der Waals surface area contributed by atoms with Crippen LogP contribution in [0.2, 0.25) is 0 Å². The molecule has 1 fully saturated rings. The fraction of sp³-hybridized carbons (Fsp3) is 0.444. The van der Waals surface area contributed by atoms with Gasteiger partial charge in [0.2, 0.25) is 0 Å². The first kappa shape index (κ1) is 17.1. The van der Waals surface area contributed by atoms with Gasteiger partial charge in [0.05, 0.1) is 5.56 Å². The minimum Gasteiger partial charge on any atom is -0.452 e. The molecule has 1 unspecified atom stereocenters. The van der Waals surface area contributed by atoms with Crippen molar-refractivity contribution < 1.29 is 14.3 Å². The first-order valence-corrected chi connectivity index (χ1v) is 8.47. The average Bonchev–Trinajstić information content (AvgIpc) is 3.06. The topological polar surface area (TPSA) is 88.2 Å². The summed E-state index contributed by atoms with van der Waals surface area (Å²) in [5.41, 5.74) is 1.20. The molecule has 2 aromatic rings. The van der Waals surface area contributed by atoms with Crippen LogP contribution in [0.5, 0.6) is 0 Å². The minimum atomic E-state index is -0.504. The molecular weight excluding hydrogens is 320 g/mol. The highest BCUT2D eigenvalue weighted by molar-refractivity contribution is 5.91. The summed E-state index contributed by atoms with van der Waals surface area (Å²) in [4.78, 5) is 30.3. The number of hydrogen-bond donors (Lipinski definition) is 1. The molecule has 1 atom stereocenters. The van der Waals surface area contributed by atoms with Crippen LogP contribution in [0.15, 0.2) is 24.3 Å². The van der Waals surface area contributed by atoms with E-state index in [4.69, 9.17) is 4.74 Å². The largest absolute Gasteiger partial charge is 0.452 e. The van der Waals surface area contributed by atoms with Crippen LogP contribution in [-0.4, -0.2) is 51.7 Å². The van der Waals surface area contributed by atoms with Gasteiger partial charge in [-0.3, -0.25) is 9.89 Å². The van der Waals surface area contributed by atoms with Crippen molar-refractivity contribution in [2.75, 3.05) is 19.7 Å². The highest BCUT2D eigenvalue weighted by Gasteiger charge is 2.22. The fourth-order valence-corrected chi connectivity index (χ4v) is 2.95. The second kappa shape index (κ2) is 7.46. The predicted octanol–water partition coefficient (Wildman–Crippen LogP) is 2.20. The van der Waals surface area contributed by atoms with Crippen LogP contribution in [-0.2, 0) is 9.53 Å². The average molecular weight is 342 g/mol. The third-order valence-corrected chi connectivity index (χ3v) is 4.31. The number of benzene rings is 1. The number of H-pyrrole nitrogens is 1. The molecule has 2 heterocycles. The number of amides is 1. The van der Waals surface area contributed by atoms with Crippen LogP contribution >= 0.6 is 0 Å². The number of esters is 1. The molecule has 25 heavy (non-hydrogen) atoms. The van der Waals surface area contributed by atoms with Crippen molar-refractivity contribution in [3.8, 4) is 11.4 Å². The number of ether oxygens (including phenoxy) is 1. The summed E-state index contributed by atoms with van der Waals surface area (Å²) in [6.45, 7) is 5.21. The van der Waals surface area contributed by atoms with Gasteiger partial charge in [0, 0.05) is 18.7 Å². The van der Waals surface area contributed by atoms with Gasteiger partial charge in [-0.25, -0.2) is 9.78 Å². The quantitative estimate of drug-likeness (QED) is 0.861. The molecule has 7 nitrogen and oxygen atoms in total. The zero-order valence-corrected chi connectivity index (χ0v) is 14.5. The zero-order valence-electron chi connectivity index (χ0n) is 14.5. The summed E-state index contributed by atoms with van der Waals surface area (Å²) in [6.07, 6.45) is 2.14. The van der Waals surface area contributed by atoms with Crippen molar-refractivity contribution in [1.82, 2.24) is 20.1 Å². The smallest absolute Gasteiger partial charge is 0.338 e. The van der Waals surface area contributed by atoms with Gasteiger partial charge in [0.1, 0.15) is 5.82 Å². The van der Waals surface area contributed by atoms with Crippen molar-refractivity contribution >= 4 is 11.9 Å². The van der Waals surface area contributed by atoms with Gasteiger partial charge in [-0.2, -0.15) is 5.10 Å². The molecular formula is C18H22N4O3. The normalized spacial score (nSPS) is 17.4. The maximum Gasteiger partial charge on any atom is 0.338 e. The molecule has 1 N–H and O–H groups in total. The number of hydrogen-bond acceptors (Lipinski definition) is 5. The van der Waals surface area contributed by atoms with Crippen molar-refractivity contribution in [3.05, 3.63) is 35.7 Å². The Hall–Kier alpha value is -2.70. The lowest BCUT2D eigenvalue weighted by Gasteiger charge is -2.30. The van der Waals surface area contributed by atoms with E-state index in [9.17, 15) is 9.59 Å². The third kappa shape index (κ3) is 4.23.